The van der Waals surface area contributed by atoms with Crippen LogP contribution in [0.1, 0.15) is 33.5 Å². The Bertz CT molecular complexity index is 1680. The van der Waals surface area contributed by atoms with Crippen molar-refractivity contribution in [3.63, 3.8) is 0 Å². The molecule has 1 atom stereocenters. The number of aromatic hydroxyl groups is 1. The minimum Gasteiger partial charge on any atom is -0.508 e. The van der Waals surface area contributed by atoms with Crippen LogP contribution in [0, 0.1) is 34.6 Å². The van der Waals surface area contributed by atoms with Gasteiger partial charge in [0.1, 0.15) is 27.7 Å². The number of H-pyrrole nitrogens is 1. The predicted molar refractivity (Wildman–Crippen MR) is 141 cm³/mol. The summed E-state index contributed by atoms with van der Waals surface area (Å²) in [7, 11) is -2.84. The van der Waals surface area contributed by atoms with Crippen molar-refractivity contribution in [3.8, 4) is 17.2 Å². The number of fused-ring (bicyclic) bond motifs is 1. The fraction of sp³-hybridized carbons (Fsp3) is 0.308. The van der Waals surface area contributed by atoms with Gasteiger partial charge >= 0.3 is 0 Å². The zero-order valence-corrected chi connectivity index (χ0v) is 23.3. The van der Waals surface area contributed by atoms with Gasteiger partial charge in [-0.2, -0.15) is 0 Å². The molecule has 0 bridgehead atoms. The van der Waals surface area contributed by atoms with Gasteiger partial charge in [-0.25, -0.2) is 13.4 Å². The number of benzene rings is 2. The number of phenolic OH excluding ortho intramolecular Hbond substituents is 1. The van der Waals surface area contributed by atoms with Crippen LogP contribution in [-0.2, 0) is 26.4 Å². The van der Waals surface area contributed by atoms with Gasteiger partial charge in [0, 0.05) is 17.3 Å². The number of hydrogen-bond acceptors (Lipinski definition) is 8. The molecule has 196 valence electrons. The zero-order chi connectivity index (χ0) is 27.2. The van der Waals surface area contributed by atoms with Crippen molar-refractivity contribution in [1.29, 1.82) is 0 Å². The summed E-state index contributed by atoms with van der Waals surface area (Å²) in [5.41, 5.74) is 4.08. The van der Waals surface area contributed by atoms with E-state index in [1.54, 1.807) is 40.1 Å². The molecule has 37 heavy (non-hydrogen) atoms. The van der Waals surface area contributed by atoms with Gasteiger partial charge in [0.25, 0.3) is 0 Å². The molecule has 0 radical (unpaired) electrons. The van der Waals surface area contributed by atoms with Crippen LogP contribution in [0.3, 0.4) is 0 Å². The Morgan fingerprint density at radius 1 is 0.973 bits per heavy atom. The van der Waals surface area contributed by atoms with E-state index in [1.165, 1.54) is 19.2 Å². The van der Waals surface area contributed by atoms with Crippen LogP contribution in [0.5, 0.6) is 17.2 Å². The summed E-state index contributed by atoms with van der Waals surface area (Å²) >= 11 is 0. The highest BCUT2D eigenvalue weighted by Crippen LogP contribution is 2.40. The normalized spacial score (nSPS) is 12.6. The van der Waals surface area contributed by atoms with Crippen molar-refractivity contribution in [2.75, 3.05) is 14.2 Å². The summed E-state index contributed by atoms with van der Waals surface area (Å²) < 4.78 is 52.3. The summed E-state index contributed by atoms with van der Waals surface area (Å²) in [5, 5.41) is 10.3. The number of aromatic amines is 1. The van der Waals surface area contributed by atoms with E-state index in [1.807, 2.05) is 13.8 Å². The first-order valence-corrected chi connectivity index (χ1v) is 14.2. The fourth-order valence-electron chi connectivity index (χ4n) is 4.50. The third-order valence-electron chi connectivity index (χ3n) is 6.54. The third-order valence-corrected chi connectivity index (χ3v) is 9.80. The van der Waals surface area contributed by atoms with E-state index < -0.39 is 20.6 Å². The maximum absolute atomic E-state index is 14.0. The van der Waals surface area contributed by atoms with Gasteiger partial charge in [0.05, 0.1) is 46.9 Å². The predicted octanol–water partition coefficient (Wildman–Crippen LogP) is 4.36. The topological polar surface area (TPSA) is 131 Å². The second-order valence-electron chi connectivity index (χ2n) is 8.87. The van der Waals surface area contributed by atoms with Gasteiger partial charge in [0.15, 0.2) is 5.16 Å². The molecule has 0 saturated carbocycles. The highest BCUT2D eigenvalue weighted by molar-refractivity contribution is 7.92. The second kappa shape index (κ2) is 9.79. The van der Waals surface area contributed by atoms with Gasteiger partial charge in [-0.1, -0.05) is 0 Å². The average Bonchev–Trinajstić information content (AvgIpc) is 3.28. The molecule has 2 heterocycles. The van der Waals surface area contributed by atoms with Crippen molar-refractivity contribution in [2.24, 2.45) is 0 Å². The zero-order valence-electron chi connectivity index (χ0n) is 21.7. The lowest BCUT2D eigenvalue weighted by atomic mass is 10.1. The molecule has 1 unspecified atom stereocenters. The molecule has 0 saturated heterocycles. The van der Waals surface area contributed by atoms with Crippen LogP contribution in [0.2, 0.25) is 0 Å². The molecule has 2 aromatic heterocycles. The summed E-state index contributed by atoms with van der Waals surface area (Å²) in [6.45, 7) is 8.67. The first-order valence-electron chi connectivity index (χ1n) is 11.4. The number of nitrogens with one attached hydrogen (secondary N) is 1. The van der Waals surface area contributed by atoms with E-state index in [4.69, 9.17) is 9.47 Å². The van der Waals surface area contributed by atoms with Gasteiger partial charge in [-0.3, -0.25) is 9.19 Å². The van der Waals surface area contributed by atoms with Crippen LogP contribution in [0.4, 0.5) is 0 Å². The molecule has 0 aliphatic carbocycles. The third kappa shape index (κ3) is 4.46. The molecule has 0 spiro atoms. The minimum atomic E-state index is -4.15. The number of sulfone groups is 1. The van der Waals surface area contributed by atoms with Crippen LogP contribution < -0.4 is 9.47 Å². The summed E-state index contributed by atoms with van der Waals surface area (Å²) in [4.78, 5) is 11.8. The van der Waals surface area contributed by atoms with E-state index in [-0.39, 0.29) is 37.7 Å². The van der Waals surface area contributed by atoms with Crippen molar-refractivity contribution in [1.82, 2.24) is 15.0 Å². The number of aryl methyl sites for hydroxylation is 2. The van der Waals surface area contributed by atoms with Gasteiger partial charge in [0.2, 0.25) is 9.84 Å². The Labute approximate surface area is 218 Å². The molecule has 11 heteroatoms. The highest BCUT2D eigenvalue weighted by atomic mass is 32.2. The highest BCUT2D eigenvalue weighted by Gasteiger charge is 2.31. The smallest absolute Gasteiger partial charge is 0.213 e. The lowest BCUT2D eigenvalue weighted by Gasteiger charge is -2.16. The van der Waals surface area contributed by atoms with Crippen LogP contribution in [0.25, 0.3) is 11.0 Å². The Morgan fingerprint density at radius 3 is 2.32 bits per heavy atom. The van der Waals surface area contributed by atoms with Crippen LogP contribution in [0.15, 0.2) is 39.3 Å². The van der Waals surface area contributed by atoms with Gasteiger partial charge < -0.3 is 19.6 Å². The SMILES string of the molecule is COc1ccc2[nH]c(S(=O)Cc3ncc(C)c(OC)c3C)nc2c1S(=O)(=O)c1c(C)cc(O)c(C)c1C. The molecule has 9 nitrogen and oxygen atoms in total. The van der Waals surface area contributed by atoms with E-state index in [2.05, 4.69) is 15.0 Å². The molecule has 2 N–H and O–H groups in total. The van der Waals surface area contributed by atoms with Gasteiger partial charge in [-0.15, -0.1) is 0 Å². The van der Waals surface area contributed by atoms with E-state index in [0.717, 1.165) is 11.1 Å². The number of rotatable bonds is 7. The quantitative estimate of drug-likeness (QED) is 0.351. The number of pyridine rings is 1. The Balaban J connectivity index is 1.86. The summed E-state index contributed by atoms with van der Waals surface area (Å²) in [5.74, 6) is 0.881. The number of nitrogens with zero attached hydrogens (tertiary/aromatic N) is 2. The minimum absolute atomic E-state index is 0.0215. The van der Waals surface area contributed by atoms with Crippen molar-refractivity contribution in [2.45, 2.75) is 55.3 Å². The van der Waals surface area contributed by atoms with E-state index >= 15 is 0 Å². The number of imidazole rings is 1. The van der Waals surface area contributed by atoms with Crippen LogP contribution >= 0.6 is 0 Å². The molecule has 0 fully saturated rings. The summed E-state index contributed by atoms with van der Waals surface area (Å²) in [6.07, 6.45) is 1.66. The molecule has 0 aliphatic rings. The first kappa shape index (κ1) is 26.6. The molecule has 2 aromatic carbocycles. The number of hydrogen-bond donors (Lipinski definition) is 2. The first-order chi connectivity index (χ1) is 17.4. The maximum atomic E-state index is 14.0. The van der Waals surface area contributed by atoms with E-state index in [0.29, 0.717) is 33.7 Å². The molecular weight excluding hydrogens is 514 g/mol. The molecule has 0 amide bonds. The number of ether oxygens (including phenoxy) is 2. The number of methoxy groups -OCH3 is 2. The molecular formula is C26H29N3O6S2. The Kier molecular flexibility index (Phi) is 7.04. The van der Waals surface area contributed by atoms with Gasteiger partial charge in [-0.05, 0) is 69.5 Å². The molecule has 4 rings (SSSR count). The fourth-order valence-corrected chi connectivity index (χ4v) is 7.66. The largest absolute Gasteiger partial charge is 0.508 e. The van der Waals surface area contributed by atoms with Crippen LogP contribution in [-0.4, -0.2) is 46.9 Å². The number of aromatic nitrogens is 3. The second-order valence-corrected chi connectivity index (χ2v) is 12.1. The Hall–Kier alpha value is -3.44. The number of phenols is 1. The molecule has 0 aliphatic heterocycles. The van der Waals surface area contributed by atoms with Crippen molar-refractivity contribution >= 4 is 31.7 Å². The monoisotopic (exact) mass is 543 g/mol. The van der Waals surface area contributed by atoms with E-state index in [9.17, 15) is 17.7 Å². The van der Waals surface area contributed by atoms with Crippen molar-refractivity contribution in [3.05, 3.63) is 57.9 Å². The average molecular weight is 544 g/mol. The molecule has 4 aromatic rings. The lowest BCUT2D eigenvalue weighted by molar-refractivity contribution is 0.404. The summed E-state index contributed by atoms with van der Waals surface area (Å²) in [6, 6.07) is 4.60. The maximum Gasteiger partial charge on any atom is 0.213 e. The van der Waals surface area contributed by atoms with Crippen molar-refractivity contribution < 1.29 is 27.2 Å². The Morgan fingerprint density at radius 2 is 1.68 bits per heavy atom. The lowest BCUT2D eigenvalue weighted by Crippen LogP contribution is -2.10. The standard InChI is InChI=1S/C26H29N3O6S2/c1-13-10-20(30)15(3)16(4)24(13)37(32,33)25-21(34-6)9-8-18-22(25)29-26(28-18)36(31)12-19-17(5)23(35-7)14(2)11-27-19/h8-11,30H,12H2,1-7H3,(H,28,29).